The van der Waals surface area contributed by atoms with Crippen molar-refractivity contribution in [1.29, 1.82) is 0 Å². The van der Waals surface area contributed by atoms with Crippen LogP contribution >= 0.6 is 0 Å². The van der Waals surface area contributed by atoms with E-state index in [9.17, 15) is 13.2 Å². The topological polar surface area (TPSA) is 93.1 Å². The van der Waals surface area contributed by atoms with E-state index in [1.807, 2.05) is 24.3 Å². The Kier molecular flexibility index (Phi) is 10.6. The van der Waals surface area contributed by atoms with Gasteiger partial charge in [0.05, 0.1) is 25.5 Å². The second-order valence-electron chi connectivity index (χ2n) is 9.14. The van der Waals surface area contributed by atoms with Crippen molar-refractivity contribution in [2.24, 2.45) is 0 Å². The molecule has 0 fully saturated rings. The van der Waals surface area contributed by atoms with E-state index in [0.29, 0.717) is 30.8 Å². The average Bonchev–Trinajstić information content (AvgIpc) is 2.93. The lowest BCUT2D eigenvalue weighted by Crippen LogP contribution is -2.33. The molecule has 0 aliphatic rings. The SMILES string of the molecule is CCCCCCCN(c1ccccc1CCc1ccc(C(=O)O)cc1)S(=O)(=O)c1cc(OC)ccc1OC. The average molecular weight is 540 g/mol. The second-order valence-corrected chi connectivity index (χ2v) is 11.0. The Bertz CT molecular complexity index is 1300. The fourth-order valence-corrected chi connectivity index (χ4v) is 6.11. The van der Waals surface area contributed by atoms with Crippen molar-refractivity contribution in [2.45, 2.75) is 56.8 Å². The molecule has 0 aliphatic heterocycles. The summed E-state index contributed by atoms with van der Waals surface area (Å²) in [5.41, 5.74) is 2.75. The van der Waals surface area contributed by atoms with E-state index in [-0.39, 0.29) is 16.2 Å². The highest BCUT2D eigenvalue weighted by Crippen LogP contribution is 2.35. The Morgan fingerprint density at radius 2 is 1.58 bits per heavy atom. The molecule has 3 rings (SSSR count). The van der Waals surface area contributed by atoms with Crippen molar-refractivity contribution in [2.75, 3.05) is 25.1 Å². The van der Waals surface area contributed by atoms with Crippen LogP contribution in [0.3, 0.4) is 0 Å². The fourth-order valence-electron chi connectivity index (χ4n) is 4.39. The van der Waals surface area contributed by atoms with Crippen LogP contribution in [0.2, 0.25) is 0 Å². The minimum absolute atomic E-state index is 0.0620. The third kappa shape index (κ3) is 7.28. The molecule has 8 heteroatoms. The number of carboxylic acids is 1. The summed E-state index contributed by atoms with van der Waals surface area (Å²) >= 11 is 0. The Morgan fingerprint density at radius 1 is 0.868 bits per heavy atom. The van der Waals surface area contributed by atoms with Gasteiger partial charge in [0.2, 0.25) is 0 Å². The van der Waals surface area contributed by atoms with Crippen LogP contribution in [-0.2, 0) is 22.9 Å². The number of methoxy groups -OCH3 is 2. The summed E-state index contributed by atoms with van der Waals surface area (Å²) in [5.74, 6) is -0.266. The quantitative estimate of drug-likeness (QED) is 0.226. The number of unbranched alkanes of at least 4 members (excludes halogenated alkanes) is 4. The summed E-state index contributed by atoms with van der Waals surface area (Å²) in [5, 5.41) is 9.16. The van der Waals surface area contributed by atoms with Gasteiger partial charge in [0, 0.05) is 12.6 Å². The van der Waals surface area contributed by atoms with Crippen molar-refractivity contribution in [3.63, 3.8) is 0 Å². The molecular formula is C30H37NO6S. The first-order valence-corrected chi connectivity index (χ1v) is 14.4. The smallest absolute Gasteiger partial charge is 0.335 e. The van der Waals surface area contributed by atoms with Gasteiger partial charge in [0.25, 0.3) is 10.0 Å². The van der Waals surface area contributed by atoms with Crippen molar-refractivity contribution in [3.8, 4) is 11.5 Å². The molecule has 0 saturated heterocycles. The maximum atomic E-state index is 14.2. The van der Waals surface area contributed by atoms with E-state index in [0.717, 1.165) is 43.2 Å². The molecule has 0 saturated carbocycles. The van der Waals surface area contributed by atoms with Gasteiger partial charge in [-0.25, -0.2) is 13.2 Å². The van der Waals surface area contributed by atoms with E-state index in [1.54, 1.807) is 36.4 Å². The molecule has 0 aliphatic carbocycles. The van der Waals surface area contributed by atoms with Gasteiger partial charge >= 0.3 is 5.97 Å². The standard InChI is InChI=1S/C30H37NO6S/c1-4-5-6-7-10-21-31(38(34,35)29-22-26(36-2)19-20-28(29)37-3)27-12-9-8-11-24(27)16-13-23-14-17-25(18-15-23)30(32)33/h8-9,11-12,14-15,17-20,22H,4-7,10,13,16,21H2,1-3H3,(H,32,33). The number of carbonyl (C=O) groups is 1. The second kappa shape index (κ2) is 13.9. The van der Waals surface area contributed by atoms with Crippen LogP contribution in [0.25, 0.3) is 0 Å². The number of benzene rings is 3. The van der Waals surface area contributed by atoms with Gasteiger partial charge < -0.3 is 14.6 Å². The molecular weight excluding hydrogens is 502 g/mol. The van der Waals surface area contributed by atoms with Crippen LogP contribution in [0.1, 0.15) is 60.5 Å². The van der Waals surface area contributed by atoms with Crippen LogP contribution < -0.4 is 13.8 Å². The molecule has 0 unspecified atom stereocenters. The van der Waals surface area contributed by atoms with Crippen molar-refractivity contribution in [1.82, 2.24) is 0 Å². The number of ether oxygens (including phenoxy) is 2. The Balaban J connectivity index is 1.97. The first kappa shape index (κ1) is 29.0. The Morgan fingerprint density at radius 3 is 2.24 bits per heavy atom. The van der Waals surface area contributed by atoms with Crippen LogP contribution in [-0.4, -0.2) is 40.3 Å². The summed E-state index contributed by atoms with van der Waals surface area (Å²) in [6.07, 6.45) is 6.20. The Labute approximate surface area is 226 Å². The zero-order valence-corrected chi connectivity index (χ0v) is 23.2. The number of hydrogen-bond acceptors (Lipinski definition) is 5. The molecule has 1 N–H and O–H groups in total. The maximum absolute atomic E-state index is 14.2. The molecule has 204 valence electrons. The van der Waals surface area contributed by atoms with Crippen LogP contribution in [0.5, 0.6) is 11.5 Å². The number of anilines is 1. The molecule has 3 aromatic carbocycles. The van der Waals surface area contributed by atoms with Crippen LogP contribution in [0.4, 0.5) is 5.69 Å². The molecule has 0 atom stereocenters. The van der Waals surface area contributed by atoms with Gasteiger partial charge in [0.1, 0.15) is 16.4 Å². The molecule has 38 heavy (non-hydrogen) atoms. The minimum atomic E-state index is -3.98. The fraction of sp³-hybridized carbons (Fsp3) is 0.367. The van der Waals surface area contributed by atoms with E-state index >= 15 is 0 Å². The van der Waals surface area contributed by atoms with Crippen molar-refractivity contribution < 1.29 is 27.8 Å². The highest BCUT2D eigenvalue weighted by Gasteiger charge is 2.30. The monoisotopic (exact) mass is 539 g/mol. The largest absolute Gasteiger partial charge is 0.497 e. The zero-order valence-electron chi connectivity index (χ0n) is 22.4. The number of carboxylic acid groups (broad SMARTS) is 1. The van der Waals surface area contributed by atoms with Gasteiger partial charge in [-0.15, -0.1) is 0 Å². The van der Waals surface area contributed by atoms with Gasteiger partial charge in [-0.05, 0) is 60.7 Å². The number of hydrogen-bond donors (Lipinski definition) is 1. The lowest BCUT2D eigenvalue weighted by Gasteiger charge is -2.28. The predicted octanol–water partition coefficient (Wildman–Crippen LogP) is 6.35. The van der Waals surface area contributed by atoms with E-state index < -0.39 is 16.0 Å². The lowest BCUT2D eigenvalue weighted by molar-refractivity contribution is 0.0697. The summed E-state index contributed by atoms with van der Waals surface area (Å²) in [7, 11) is -1.02. The molecule has 3 aromatic rings. The summed E-state index contributed by atoms with van der Waals surface area (Å²) in [6, 6.07) is 19.1. The molecule has 0 spiro atoms. The summed E-state index contributed by atoms with van der Waals surface area (Å²) in [6.45, 7) is 2.49. The highest BCUT2D eigenvalue weighted by atomic mass is 32.2. The number of sulfonamides is 1. The minimum Gasteiger partial charge on any atom is -0.497 e. The van der Waals surface area contributed by atoms with Gasteiger partial charge in [0.15, 0.2) is 0 Å². The lowest BCUT2D eigenvalue weighted by atomic mass is 10.0. The van der Waals surface area contributed by atoms with E-state index in [4.69, 9.17) is 14.6 Å². The third-order valence-electron chi connectivity index (χ3n) is 6.55. The summed E-state index contributed by atoms with van der Waals surface area (Å²) in [4.78, 5) is 11.2. The van der Waals surface area contributed by atoms with Crippen LogP contribution in [0.15, 0.2) is 71.6 Å². The first-order valence-electron chi connectivity index (χ1n) is 13.0. The van der Waals surface area contributed by atoms with Crippen LogP contribution in [0, 0.1) is 0 Å². The molecule has 0 heterocycles. The molecule has 7 nitrogen and oxygen atoms in total. The molecule has 0 amide bonds. The number of rotatable bonds is 15. The number of para-hydroxylation sites is 1. The van der Waals surface area contributed by atoms with Crippen molar-refractivity contribution in [3.05, 3.63) is 83.4 Å². The van der Waals surface area contributed by atoms with Crippen molar-refractivity contribution >= 4 is 21.7 Å². The molecule has 0 aromatic heterocycles. The van der Waals surface area contributed by atoms with E-state index in [1.165, 1.54) is 24.6 Å². The number of aryl methyl sites for hydroxylation is 2. The van der Waals surface area contributed by atoms with Gasteiger partial charge in [-0.3, -0.25) is 4.31 Å². The van der Waals surface area contributed by atoms with Gasteiger partial charge in [-0.2, -0.15) is 0 Å². The third-order valence-corrected chi connectivity index (χ3v) is 8.38. The first-order chi connectivity index (χ1) is 18.3. The maximum Gasteiger partial charge on any atom is 0.335 e. The predicted molar refractivity (Wildman–Crippen MR) is 150 cm³/mol. The summed E-state index contributed by atoms with van der Waals surface area (Å²) < 4.78 is 40.6. The zero-order chi connectivity index (χ0) is 27.5. The Hall–Kier alpha value is -3.52. The molecule has 0 bridgehead atoms. The normalized spacial score (nSPS) is 11.2. The highest BCUT2D eigenvalue weighted by molar-refractivity contribution is 7.93. The number of aromatic carboxylic acids is 1. The van der Waals surface area contributed by atoms with Gasteiger partial charge in [-0.1, -0.05) is 62.9 Å². The van der Waals surface area contributed by atoms with E-state index in [2.05, 4.69) is 6.92 Å². The number of nitrogens with zero attached hydrogens (tertiary/aromatic N) is 1. The molecule has 0 radical (unpaired) electrons.